The Morgan fingerprint density at radius 3 is 2.29 bits per heavy atom. The van der Waals surface area contributed by atoms with Gasteiger partial charge in [0, 0.05) is 34.6 Å². The molecule has 0 fully saturated rings. The standard InChI is InChI=1S/C39H34N6O6S/c1-3-50-38(47)35-25(2)41-39(52)42-36(35)31-16-10-11-17-33(31)51-24-34(46)43-40-23-28-22-32(26-12-6-4-7-13-26)44(37(28)27-14-8-5-9-15-27)29-18-20-30(21-19-29)45(48)49/h4-23,36H,3,24H2,1-2H3,(H,43,46)(H2,41,42,52)/t36-/m1/s1. The van der Waals surface area contributed by atoms with Crippen LogP contribution in [0.1, 0.15) is 31.0 Å². The van der Waals surface area contributed by atoms with E-state index < -0.39 is 22.8 Å². The Kier molecular flexibility index (Phi) is 10.8. The molecule has 5 aromatic rings. The minimum absolute atomic E-state index is 0.0192. The number of esters is 1. The van der Waals surface area contributed by atoms with Crippen molar-refractivity contribution in [2.75, 3.05) is 13.2 Å². The summed E-state index contributed by atoms with van der Waals surface area (Å²) in [6.45, 7) is 3.31. The highest BCUT2D eigenvalue weighted by Gasteiger charge is 2.32. The number of nitrogens with one attached hydrogen (secondary N) is 3. The highest BCUT2D eigenvalue weighted by atomic mass is 32.1. The molecule has 2 heterocycles. The van der Waals surface area contributed by atoms with E-state index in [-0.39, 0.29) is 18.9 Å². The fourth-order valence-electron chi connectivity index (χ4n) is 5.94. The van der Waals surface area contributed by atoms with Crippen LogP contribution in [-0.4, -0.2) is 45.9 Å². The van der Waals surface area contributed by atoms with Gasteiger partial charge in [0.05, 0.1) is 40.7 Å². The number of allylic oxidation sites excluding steroid dienone is 1. The lowest BCUT2D eigenvalue weighted by Gasteiger charge is -2.30. The van der Waals surface area contributed by atoms with Crippen LogP contribution in [0.25, 0.3) is 28.2 Å². The topological polar surface area (TPSA) is 149 Å². The summed E-state index contributed by atoms with van der Waals surface area (Å²) >= 11 is 5.37. The molecule has 4 aromatic carbocycles. The first-order valence-electron chi connectivity index (χ1n) is 16.4. The van der Waals surface area contributed by atoms with Crippen LogP contribution in [-0.2, 0) is 14.3 Å². The van der Waals surface area contributed by atoms with Crippen molar-refractivity contribution in [2.45, 2.75) is 19.9 Å². The van der Waals surface area contributed by atoms with Crippen molar-refractivity contribution in [2.24, 2.45) is 5.10 Å². The Bertz CT molecular complexity index is 2180. The van der Waals surface area contributed by atoms with Crippen molar-refractivity contribution >= 4 is 41.1 Å². The van der Waals surface area contributed by atoms with Gasteiger partial charge in [0.1, 0.15) is 5.75 Å². The number of thiocarbonyl (C=S) groups is 1. The Morgan fingerprint density at radius 1 is 0.962 bits per heavy atom. The number of nitrogens with zero attached hydrogens (tertiary/aromatic N) is 3. The summed E-state index contributed by atoms with van der Waals surface area (Å²) < 4.78 is 13.3. The number of non-ortho nitro benzene ring substituents is 1. The van der Waals surface area contributed by atoms with Crippen molar-refractivity contribution in [3.05, 3.63) is 148 Å². The molecule has 6 rings (SSSR count). The zero-order valence-electron chi connectivity index (χ0n) is 28.2. The first-order valence-corrected chi connectivity index (χ1v) is 16.8. The van der Waals surface area contributed by atoms with Crippen molar-refractivity contribution in [1.82, 2.24) is 20.6 Å². The van der Waals surface area contributed by atoms with Crippen LogP contribution in [0.3, 0.4) is 0 Å². The number of rotatable bonds is 12. The molecule has 0 bridgehead atoms. The van der Waals surface area contributed by atoms with Gasteiger partial charge in [-0.15, -0.1) is 0 Å². The lowest BCUT2D eigenvalue weighted by atomic mass is 9.95. The van der Waals surface area contributed by atoms with Crippen LogP contribution in [0.2, 0.25) is 0 Å². The molecule has 3 N–H and O–H groups in total. The molecule has 0 spiro atoms. The third kappa shape index (κ3) is 7.74. The molecule has 262 valence electrons. The van der Waals surface area contributed by atoms with Crippen molar-refractivity contribution in [1.29, 1.82) is 0 Å². The lowest BCUT2D eigenvalue weighted by molar-refractivity contribution is -0.384. The van der Waals surface area contributed by atoms with E-state index in [1.807, 2.05) is 71.3 Å². The van der Waals surface area contributed by atoms with Crippen LogP contribution in [0, 0.1) is 10.1 Å². The fourth-order valence-corrected chi connectivity index (χ4v) is 6.21. The maximum Gasteiger partial charge on any atom is 0.338 e. The van der Waals surface area contributed by atoms with E-state index in [0.717, 1.165) is 22.5 Å². The number of hydrogen-bond donors (Lipinski definition) is 3. The molecule has 52 heavy (non-hydrogen) atoms. The Labute approximate surface area is 304 Å². The number of nitro benzene ring substituents is 1. The molecule has 0 radical (unpaired) electrons. The van der Waals surface area contributed by atoms with Crippen LogP contribution < -0.4 is 20.8 Å². The normalized spacial score (nSPS) is 14.0. The molecule has 12 nitrogen and oxygen atoms in total. The molecular formula is C39H34N6O6S. The Hall–Kier alpha value is -6.60. The van der Waals surface area contributed by atoms with E-state index in [0.29, 0.717) is 38.9 Å². The van der Waals surface area contributed by atoms with E-state index >= 15 is 0 Å². The predicted octanol–water partition coefficient (Wildman–Crippen LogP) is 6.60. The zero-order chi connectivity index (χ0) is 36.6. The van der Waals surface area contributed by atoms with Crippen molar-refractivity contribution in [3.63, 3.8) is 0 Å². The highest BCUT2D eigenvalue weighted by Crippen LogP contribution is 2.36. The third-order valence-corrected chi connectivity index (χ3v) is 8.43. The van der Waals surface area contributed by atoms with Crippen molar-refractivity contribution in [3.8, 4) is 34.0 Å². The molecule has 0 saturated carbocycles. The van der Waals surface area contributed by atoms with E-state index in [1.54, 1.807) is 56.5 Å². The van der Waals surface area contributed by atoms with E-state index in [1.165, 1.54) is 12.1 Å². The minimum Gasteiger partial charge on any atom is -0.483 e. The summed E-state index contributed by atoms with van der Waals surface area (Å²) in [4.78, 5) is 36.9. The molecule has 0 saturated heterocycles. The average molecular weight is 715 g/mol. The van der Waals surface area contributed by atoms with E-state index in [2.05, 4.69) is 21.2 Å². The molecule has 1 aromatic heterocycles. The number of carbonyl (C=O) groups excluding carboxylic acids is 2. The van der Waals surface area contributed by atoms with E-state index in [4.69, 9.17) is 21.7 Å². The van der Waals surface area contributed by atoms with Gasteiger partial charge in [-0.1, -0.05) is 78.9 Å². The summed E-state index contributed by atoms with van der Waals surface area (Å²) in [5.74, 6) is -0.643. The van der Waals surface area contributed by atoms with Gasteiger partial charge in [-0.2, -0.15) is 5.10 Å². The number of aromatic nitrogens is 1. The van der Waals surface area contributed by atoms with Crippen LogP contribution >= 0.6 is 12.2 Å². The zero-order valence-corrected chi connectivity index (χ0v) is 29.1. The number of benzene rings is 4. The first-order chi connectivity index (χ1) is 25.2. The fraction of sp³-hybridized carbons (Fsp3) is 0.128. The molecule has 1 amide bonds. The number of hydrogen-bond acceptors (Lipinski definition) is 8. The second-order valence-electron chi connectivity index (χ2n) is 11.6. The predicted molar refractivity (Wildman–Crippen MR) is 202 cm³/mol. The van der Waals surface area contributed by atoms with Gasteiger partial charge in [0.25, 0.3) is 11.6 Å². The van der Waals surface area contributed by atoms with Gasteiger partial charge in [0.15, 0.2) is 11.7 Å². The largest absolute Gasteiger partial charge is 0.483 e. The second-order valence-corrected chi connectivity index (χ2v) is 12.0. The molecule has 1 aliphatic rings. The summed E-state index contributed by atoms with van der Waals surface area (Å²) in [6, 6.07) is 34.1. The molecular weight excluding hydrogens is 681 g/mol. The SMILES string of the molecule is CCOC(=O)C1=C(C)NC(=S)N[C@@H]1c1ccccc1OCC(=O)NN=Cc1cc(-c2ccccc2)n(-c2ccc([N+](=O)[O-])cc2)c1-c1ccccc1. The first kappa shape index (κ1) is 35.2. The molecule has 1 aliphatic heterocycles. The molecule has 0 unspecified atom stereocenters. The summed E-state index contributed by atoms with van der Waals surface area (Å²) in [5.41, 5.74) is 8.81. The van der Waals surface area contributed by atoms with Crippen LogP contribution in [0.5, 0.6) is 5.75 Å². The number of para-hydroxylation sites is 1. The van der Waals surface area contributed by atoms with Gasteiger partial charge >= 0.3 is 5.97 Å². The Balaban J connectivity index is 1.27. The quantitative estimate of drug-likeness (QED) is 0.0427. The average Bonchev–Trinajstić information content (AvgIpc) is 3.54. The maximum absolute atomic E-state index is 13.1. The Morgan fingerprint density at radius 2 is 1.62 bits per heavy atom. The third-order valence-electron chi connectivity index (χ3n) is 8.21. The number of nitro groups is 1. The number of hydrazone groups is 1. The number of ether oxygens (including phenoxy) is 2. The summed E-state index contributed by atoms with van der Waals surface area (Å²) in [5, 5.41) is 22.1. The lowest BCUT2D eigenvalue weighted by Crippen LogP contribution is -2.45. The van der Waals surface area contributed by atoms with Crippen molar-refractivity contribution < 1.29 is 24.0 Å². The minimum atomic E-state index is -0.667. The maximum atomic E-state index is 13.1. The van der Waals surface area contributed by atoms with Gasteiger partial charge in [0.2, 0.25) is 0 Å². The number of amides is 1. The van der Waals surface area contributed by atoms with E-state index in [9.17, 15) is 19.7 Å². The highest BCUT2D eigenvalue weighted by molar-refractivity contribution is 7.80. The smallest absolute Gasteiger partial charge is 0.338 e. The van der Waals surface area contributed by atoms with Gasteiger partial charge < -0.3 is 24.7 Å². The molecule has 0 aliphatic carbocycles. The van der Waals surface area contributed by atoms with Gasteiger partial charge in [-0.25, -0.2) is 10.2 Å². The van der Waals surface area contributed by atoms with Crippen LogP contribution in [0.15, 0.2) is 132 Å². The summed E-state index contributed by atoms with van der Waals surface area (Å²) in [7, 11) is 0. The second kappa shape index (κ2) is 16.0. The van der Waals surface area contributed by atoms with Gasteiger partial charge in [-0.3, -0.25) is 14.9 Å². The monoisotopic (exact) mass is 714 g/mol. The summed E-state index contributed by atoms with van der Waals surface area (Å²) in [6.07, 6.45) is 1.56. The molecule has 13 heteroatoms. The van der Waals surface area contributed by atoms with Crippen LogP contribution in [0.4, 0.5) is 5.69 Å². The van der Waals surface area contributed by atoms with Gasteiger partial charge in [-0.05, 0) is 61.5 Å². The number of carbonyl (C=O) groups is 2. The molecule has 1 atom stereocenters.